The van der Waals surface area contributed by atoms with Crippen molar-refractivity contribution in [2.75, 3.05) is 31.3 Å². The number of halogens is 1. The summed E-state index contributed by atoms with van der Waals surface area (Å²) in [5, 5.41) is 8.65. The van der Waals surface area contributed by atoms with Crippen LogP contribution >= 0.6 is 11.6 Å². The SMILES string of the molecule is CNC(=O)C[C@H]1CC[C@@H]2[C@H](COc3ccc(NC(=O)Nc4ccc(Cl)cc4)cc3C(=O)N2C)O1. The largest absolute Gasteiger partial charge is 0.490 e. The van der Waals surface area contributed by atoms with Crippen LogP contribution in [-0.4, -0.2) is 61.7 Å². The first-order valence-electron chi connectivity index (χ1n) is 11.1. The van der Waals surface area contributed by atoms with Crippen LogP contribution in [0.15, 0.2) is 42.5 Å². The first kappa shape index (κ1) is 23.8. The molecular formula is C24H27ClN4O5. The molecule has 2 aromatic rings. The summed E-state index contributed by atoms with van der Waals surface area (Å²) in [7, 11) is 3.34. The molecule has 2 aliphatic rings. The highest BCUT2D eigenvalue weighted by atomic mass is 35.5. The first-order chi connectivity index (χ1) is 16.3. The van der Waals surface area contributed by atoms with E-state index in [1.54, 1.807) is 61.5 Å². The number of rotatable bonds is 4. The fraction of sp³-hybridized carbons (Fsp3) is 0.375. The molecule has 3 atom stereocenters. The van der Waals surface area contributed by atoms with Crippen LogP contribution in [0.5, 0.6) is 5.75 Å². The molecule has 4 rings (SSSR count). The number of benzene rings is 2. The van der Waals surface area contributed by atoms with Gasteiger partial charge in [-0.3, -0.25) is 9.59 Å². The van der Waals surface area contributed by atoms with Gasteiger partial charge < -0.3 is 30.3 Å². The van der Waals surface area contributed by atoms with Crippen molar-refractivity contribution in [1.29, 1.82) is 0 Å². The fourth-order valence-corrected chi connectivity index (χ4v) is 4.37. The van der Waals surface area contributed by atoms with Gasteiger partial charge in [0.15, 0.2) is 0 Å². The van der Waals surface area contributed by atoms with Gasteiger partial charge in [-0.25, -0.2) is 4.79 Å². The van der Waals surface area contributed by atoms with E-state index in [1.165, 1.54) is 0 Å². The van der Waals surface area contributed by atoms with Crippen molar-refractivity contribution in [3.8, 4) is 5.75 Å². The molecule has 0 unspecified atom stereocenters. The van der Waals surface area contributed by atoms with E-state index in [-0.39, 0.29) is 43.1 Å². The van der Waals surface area contributed by atoms with Crippen molar-refractivity contribution in [3.05, 3.63) is 53.1 Å². The summed E-state index contributed by atoms with van der Waals surface area (Å²) in [4.78, 5) is 39.1. The van der Waals surface area contributed by atoms with Crippen LogP contribution in [0.25, 0.3) is 0 Å². The van der Waals surface area contributed by atoms with Crippen molar-refractivity contribution < 1.29 is 23.9 Å². The lowest BCUT2D eigenvalue weighted by atomic mass is 9.94. The molecule has 180 valence electrons. The van der Waals surface area contributed by atoms with E-state index in [4.69, 9.17) is 21.1 Å². The zero-order chi connectivity index (χ0) is 24.2. The van der Waals surface area contributed by atoms with Gasteiger partial charge in [0, 0.05) is 30.5 Å². The maximum atomic E-state index is 13.3. The Kier molecular flexibility index (Phi) is 7.23. The van der Waals surface area contributed by atoms with Crippen LogP contribution < -0.4 is 20.7 Å². The molecule has 0 radical (unpaired) electrons. The number of nitrogens with zero attached hydrogens (tertiary/aromatic N) is 1. The monoisotopic (exact) mass is 486 g/mol. The molecule has 4 amide bonds. The molecule has 0 bridgehead atoms. The second-order valence-electron chi connectivity index (χ2n) is 8.34. The first-order valence-corrected chi connectivity index (χ1v) is 11.5. The van der Waals surface area contributed by atoms with E-state index in [1.807, 2.05) is 0 Å². The smallest absolute Gasteiger partial charge is 0.323 e. The zero-order valence-corrected chi connectivity index (χ0v) is 19.7. The van der Waals surface area contributed by atoms with Crippen LogP contribution in [-0.2, 0) is 9.53 Å². The summed E-state index contributed by atoms with van der Waals surface area (Å²) in [5.74, 6) is 0.112. The van der Waals surface area contributed by atoms with Gasteiger partial charge in [-0.2, -0.15) is 0 Å². The predicted octanol–water partition coefficient (Wildman–Crippen LogP) is 3.50. The van der Waals surface area contributed by atoms with Crippen molar-refractivity contribution in [1.82, 2.24) is 10.2 Å². The maximum Gasteiger partial charge on any atom is 0.323 e. The van der Waals surface area contributed by atoms with Crippen molar-refractivity contribution in [2.45, 2.75) is 37.5 Å². The number of likely N-dealkylation sites (N-methyl/N-ethyl adjacent to an activating group) is 1. The van der Waals surface area contributed by atoms with E-state index in [0.717, 1.165) is 0 Å². The Morgan fingerprint density at radius 2 is 1.79 bits per heavy atom. The highest BCUT2D eigenvalue weighted by molar-refractivity contribution is 6.30. The summed E-state index contributed by atoms with van der Waals surface area (Å²) >= 11 is 5.87. The van der Waals surface area contributed by atoms with Gasteiger partial charge in [-0.05, 0) is 55.3 Å². The second kappa shape index (κ2) is 10.3. The molecule has 2 aliphatic heterocycles. The Morgan fingerprint density at radius 3 is 2.53 bits per heavy atom. The number of carbonyl (C=O) groups is 3. The average molecular weight is 487 g/mol. The highest BCUT2D eigenvalue weighted by Crippen LogP contribution is 2.32. The van der Waals surface area contributed by atoms with Crippen LogP contribution in [0.3, 0.4) is 0 Å². The van der Waals surface area contributed by atoms with Crippen LogP contribution in [0.1, 0.15) is 29.6 Å². The topological polar surface area (TPSA) is 109 Å². The van der Waals surface area contributed by atoms with E-state index in [2.05, 4.69) is 16.0 Å². The molecule has 2 aromatic carbocycles. The molecule has 9 nitrogen and oxygen atoms in total. The standard InChI is InChI=1S/C24H27ClN4O5/c1-26-22(30)12-17-8-9-19-21(34-17)13-33-20-10-7-16(11-18(20)23(31)29(19)2)28-24(32)27-15-5-3-14(25)4-6-15/h3-7,10-11,17,19,21H,8-9,12-13H2,1-2H3,(H,26,30)(H2,27,28,32)/t17-,19-,21+/m1/s1. The molecule has 0 aliphatic carbocycles. The number of carbonyl (C=O) groups excluding carboxylic acids is 3. The molecule has 1 fully saturated rings. The third-order valence-electron chi connectivity index (χ3n) is 6.06. The van der Waals surface area contributed by atoms with Gasteiger partial charge in [0.2, 0.25) is 5.91 Å². The summed E-state index contributed by atoms with van der Waals surface area (Å²) in [6, 6.07) is 11.0. The average Bonchev–Trinajstić information content (AvgIpc) is 2.83. The van der Waals surface area contributed by atoms with Gasteiger partial charge in [-0.1, -0.05) is 11.6 Å². The molecule has 34 heavy (non-hydrogen) atoms. The minimum Gasteiger partial charge on any atom is -0.490 e. The number of urea groups is 1. The second-order valence-corrected chi connectivity index (χ2v) is 8.78. The number of hydrogen-bond acceptors (Lipinski definition) is 5. The molecule has 3 N–H and O–H groups in total. The molecule has 0 saturated carbocycles. The van der Waals surface area contributed by atoms with E-state index < -0.39 is 6.03 Å². The third-order valence-corrected chi connectivity index (χ3v) is 6.32. The van der Waals surface area contributed by atoms with Crippen LogP contribution in [0.2, 0.25) is 5.02 Å². The Balaban J connectivity index is 1.46. The third kappa shape index (κ3) is 5.43. The Labute approximate surface area is 202 Å². The predicted molar refractivity (Wildman–Crippen MR) is 128 cm³/mol. The van der Waals surface area contributed by atoms with Gasteiger partial charge in [-0.15, -0.1) is 0 Å². The maximum absolute atomic E-state index is 13.3. The molecular weight excluding hydrogens is 460 g/mol. The van der Waals surface area contributed by atoms with Gasteiger partial charge in [0.25, 0.3) is 5.91 Å². The van der Waals surface area contributed by atoms with Crippen LogP contribution in [0, 0.1) is 0 Å². The number of amides is 4. The zero-order valence-electron chi connectivity index (χ0n) is 19.0. The number of ether oxygens (including phenoxy) is 2. The molecule has 10 heteroatoms. The van der Waals surface area contributed by atoms with Crippen molar-refractivity contribution in [3.63, 3.8) is 0 Å². The number of fused-ring (bicyclic) bond motifs is 2. The van der Waals surface area contributed by atoms with Gasteiger partial charge in [0.1, 0.15) is 18.5 Å². The lowest BCUT2D eigenvalue weighted by molar-refractivity contribution is -0.133. The molecule has 2 heterocycles. The lowest BCUT2D eigenvalue weighted by Crippen LogP contribution is -2.53. The van der Waals surface area contributed by atoms with E-state index >= 15 is 0 Å². The lowest BCUT2D eigenvalue weighted by Gasteiger charge is -2.42. The number of anilines is 2. The van der Waals surface area contributed by atoms with Crippen LogP contribution in [0.4, 0.5) is 16.2 Å². The molecule has 0 aromatic heterocycles. The summed E-state index contributed by atoms with van der Waals surface area (Å²) in [6.07, 6.45) is 1.10. The quantitative estimate of drug-likeness (QED) is 0.613. The Morgan fingerprint density at radius 1 is 1.09 bits per heavy atom. The normalized spacial score (nSPS) is 21.8. The summed E-state index contributed by atoms with van der Waals surface area (Å²) in [6.45, 7) is 0.253. The van der Waals surface area contributed by atoms with Gasteiger partial charge >= 0.3 is 6.03 Å². The minimum absolute atomic E-state index is 0.0786. The fourth-order valence-electron chi connectivity index (χ4n) is 4.24. The summed E-state index contributed by atoms with van der Waals surface area (Å²) < 4.78 is 12.1. The highest BCUT2D eigenvalue weighted by Gasteiger charge is 2.39. The van der Waals surface area contributed by atoms with Crippen molar-refractivity contribution in [2.24, 2.45) is 0 Å². The molecule has 0 spiro atoms. The number of nitrogens with one attached hydrogen (secondary N) is 3. The number of hydrogen-bond donors (Lipinski definition) is 3. The van der Waals surface area contributed by atoms with E-state index in [9.17, 15) is 14.4 Å². The van der Waals surface area contributed by atoms with Crippen molar-refractivity contribution >= 4 is 40.8 Å². The minimum atomic E-state index is -0.447. The molecule has 1 saturated heterocycles. The Bertz CT molecular complexity index is 1080. The summed E-state index contributed by atoms with van der Waals surface area (Å²) in [5.41, 5.74) is 1.40. The van der Waals surface area contributed by atoms with Gasteiger partial charge in [0.05, 0.1) is 24.1 Å². The Hall–Kier alpha value is -3.30. The van der Waals surface area contributed by atoms with E-state index in [0.29, 0.717) is 40.6 Å².